The largest absolute Gasteiger partial charge is 0.503 e. The molecule has 5 rings (SSSR count). The summed E-state index contributed by atoms with van der Waals surface area (Å²) in [6.45, 7) is 6.34. The normalized spacial score (nSPS) is 16.2. The first-order valence-corrected chi connectivity index (χ1v) is 11.7. The first kappa shape index (κ1) is 23.4. The number of hydrogen-bond acceptors (Lipinski definition) is 5. The Kier molecular flexibility index (Phi) is 5.67. The fourth-order valence-electron chi connectivity index (χ4n) is 4.62. The average Bonchev–Trinajstić information content (AvgIpc) is 3.43. The highest BCUT2D eigenvalue weighted by molar-refractivity contribution is 6.20. The first-order chi connectivity index (χ1) is 17.2. The summed E-state index contributed by atoms with van der Waals surface area (Å²) in [5.41, 5.74) is 2.74. The molecular weight excluding hydrogens is 454 g/mol. The van der Waals surface area contributed by atoms with Crippen LogP contribution in [0.15, 0.2) is 94.6 Å². The van der Waals surface area contributed by atoms with Crippen LogP contribution in [0.4, 0.5) is 5.69 Å². The molecule has 0 saturated carbocycles. The Morgan fingerprint density at radius 1 is 0.972 bits per heavy atom. The topological polar surface area (TPSA) is 80.0 Å². The van der Waals surface area contributed by atoms with E-state index in [1.54, 1.807) is 18.2 Å². The number of hydrogen-bond donors (Lipinski definition) is 1. The van der Waals surface area contributed by atoms with Crippen LogP contribution in [0, 0.1) is 0 Å². The minimum atomic E-state index is -0.818. The number of amides is 1. The van der Waals surface area contributed by atoms with Crippen molar-refractivity contribution in [1.29, 1.82) is 0 Å². The van der Waals surface area contributed by atoms with Gasteiger partial charge in [-0.3, -0.25) is 14.5 Å². The van der Waals surface area contributed by atoms with Crippen LogP contribution in [0.1, 0.15) is 48.5 Å². The van der Waals surface area contributed by atoms with Crippen molar-refractivity contribution < 1.29 is 23.8 Å². The number of ether oxygens (including phenoxy) is 1. The van der Waals surface area contributed by atoms with E-state index in [-0.39, 0.29) is 16.7 Å². The summed E-state index contributed by atoms with van der Waals surface area (Å²) in [5.74, 6) is -1.26. The molecule has 2 heterocycles. The quantitative estimate of drug-likeness (QED) is 0.328. The van der Waals surface area contributed by atoms with Crippen LogP contribution in [-0.2, 0) is 10.2 Å². The third kappa shape index (κ3) is 3.85. The van der Waals surface area contributed by atoms with Gasteiger partial charge in [0, 0.05) is 11.1 Å². The number of rotatable bonds is 5. The molecule has 1 aliphatic rings. The van der Waals surface area contributed by atoms with Crippen LogP contribution in [0.5, 0.6) is 5.75 Å². The number of nitrogens with zero attached hydrogens (tertiary/aromatic N) is 1. The Morgan fingerprint density at radius 3 is 2.31 bits per heavy atom. The highest BCUT2D eigenvalue weighted by atomic mass is 16.5. The molecule has 1 aromatic heterocycles. The molecular formula is C30H27NO5. The fourth-order valence-corrected chi connectivity index (χ4v) is 4.62. The van der Waals surface area contributed by atoms with Crippen molar-refractivity contribution in [3.8, 4) is 5.75 Å². The van der Waals surface area contributed by atoms with E-state index in [1.165, 1.54) is 12.0 Å². The molecule has 0 aliphatic carbocycles. The maximum Gasteiger partial charge on any atom is 0.294 e. The zero-order valence-corrected chi connectivity index (χ0v) is 20.6. The number of methoxy groups -OCH3 is 1. The van der Waals surface area contributed by atoms with Crippen LogP contribution in [0.25, 0.3) is 11.0 Å². The Labute approximate surface area is 209 Å². The number of aliphatic hydroxyl groups is 1. The first-order valence-electron chi connectivity index (χ1n) is 11.7. The Hall–Kier alpha value is -4.32. The molecule has 0 fully saturated rings. The van der Waals surface area contributed by atoms with Crippen LogP contribution >= 0.6 is 0 Å². The molecule has 0 saturated heterocycles. The second-order valence-corrected chi connectivity index (χ2v) is 9.87. The van der Waals surface area contributed by atoms with Crippen molar-refractivity contribution in [2.45, 2.75) is 32.2 Å². The number of para-hydroxylation sites is 1. The number of furan rings is 1. The van der Waals surface area contributed by atoms with E-state index < -0.39 is 23.5 Å². The van der Waals surface area contributed by atoms with E-state index in [1.807, 2.05) is 60.7 Å². The van der Waals surface area contributed by atoms with Gasteiger partial charge < -0.3 is 14.3 Å². The molecule has 6 heteroatoms. The SMILES string of the molecule is COc1cccc2cc(C(=O)C3=C(O)C(=O)N(c4ccc(C(C)(C)C)cc4)C3c3ccccc3)oc12. The Balaban J connectivity index is 1.62. The summed E-state index contributed by atoms with van der Waals surface area (Å²) in [5, 5.41) is 11.7. The van der Waals surface area contributed by atoms with Gasteiger partial charge >= 0.3 is 0 Å². The lowest BCUT2D eigenvalue weighted by Crippen LogP contribution is -2.31. The minimum absolute atomic E-state index is 0.0229. The second-order valence-electron chi connectivity index (χ2n) is 9.87. The van der Waals surface area contributed by atoms with Crippen LogP contribution in [0.2, 0.25) is 0 Å². The van der Waals surface area contributed by atoms with E-state index in [4.69, 9.17) is 9.15 Å². The van der Waals surface area contributed by atoms with Gasteiger partial charge in [0.1, 0.15) is 0 Å². The number of benzene rings is 3. The van der Waals surface area contributed by atoms with Gasteiger partial charge in [-0.05, 0) is 40.8 Å². The third-order valence-corrected chi connectivity index (χ3v) is 6.53. The molecule has 0 spiro atoms. The number of carbonyl (C=O) groups is 2. The lowest BCUT2D eigenvalue weighted by molar-refractivity contribution is -0.117. The zero-order chi connectivity index (χ0) is 25.6. The fraction of sp³-hybridized carbons (Fsp3) is 0.200. The molecule has 1 N–H and O–H groups in total. The van der Waals surface area contributed by atoms with Crippen LogP contribution < -0.4 is 9.64 Å². The molecule has 0 bridgehead atoms. The number of fused-ring (bicyclic) bond motifs is 1. The lowest BCUT2D eigenvalue weighted by atomic mass is 9.87. The summed E-state index contributed by atoms with van der Waals surface area (Å²) in [4.78, 5) is 28.7. The summed E-state index contributed by atoms with van der Waals surface area (Å²) < 4.78 is 11.2. The van der Waals surface area contributed by atoms with Crippen molar-refractivity contribution in [2.75, 3.05) is 12.0 Å². The van der Waals surface area contributed by atoms with Gasteiger partial charge in [-0.15, -0.1) is 0 Å². The van der Waals surface area contributed by atoms with Crippen molar-refractivity contribution in [2.24, 2.45) is 0 Å². The minimum Gasteiger partial charge on any atom is -0.503 e. The molecule has 6 nitrogen and oxygen atoms in total. The van der Waals surface area contributed by atoms with Gasteiger partial charge in [-0.25, -0.2) is 0 Å². The number of anilines is 1. The molecule has 1 unspecified atom stereocenters. The summed E-state index contributed by atoms with van der Waals surface area (Å²) in [7, 11) is 1.52. The lowest BCUT2D eigenvalue weighted by Gasteiger charge is -2.27. The molecule has 0 radical (unpaired) electrons. The predicted molar refractivity (Wildman–Crippen MR) is 139 cm³/mol. The Morgan fingerprint density at radius 2 is 1.67 bits per heavy atom. The molecule has 1 amide bonds. The molecule has 1 aliphatic heterocycles. The summed E-state index contributed by atoms with van der Waals surface area (Å²) >= 11 is 0. The van der Waals surface area contributed by atoms with E-state index in [0.717, 1.165) is 5.56 Å². The van der Waals surface area contributed by atoms with E-state index in [2.05, 4.69) is 20.8 Å². The molecule has 182 valence electrons. The monoisotopic (exact) mass is 481 g/mol. The Bertz CT molecular complexity index is 1490. The van der Waals surface area contributed by atoms with E-state index in [9.17, 15) is 14.7 Å². The number of ketones is 1. The highest BCUT2D eigenvalue weighted by Gasteiger charge is 2.45. The van der Waals surface area contributed by atoms with Gasteiger partial charge in [0.25, 0.3) is 5.91 Å². The smallest absolute Gasteiger partial charge is 0.294 e. The number of carbonyl (C=O) groups excluding carboxylic acids is 2. The number of Topliss-reactive ketones (excluding diaryl/α,β-unsaturated/α-hetero) is 1. The van der Waals surface area contributed by atoms with Crippen LogP contribution in [0.3, 0.4) is 0 Å². The van der Waals surface area contributed by atoms with Crippen molar-refractivity contribution in [3.05, 3.63) is 107 Å². The van der Waals surface area contributed by atoms with Crippen LogP contribution in [-0.4, -0.2) is 23.9 Å². The number of aliphatic hydroxyl groups excluding tert-OH is 1. The molecule has 4 aromatic rings. The average molecular weight is 482 g/mol. The summed E-state index contributed by atoms with van der Waals surface area (Å²) in [6, 6.07) is 23.0. The molecule has 3 aromatic carbocycles. The van der Waals surface area contributed by atoms with Gasteiger partial charge in [0.2, 0.25) is 5.78 Å². The third-order valence-electron chi connectivity index (χ3n) is 6.53. The molecule has 1 atom stereocenters. The van der Waals surface area contributed by atoms with Crippen molar-refractivity contribution in [1.82, 2.24) is 0 Å². The highest BCUT2D eigenvalue weighted by Crippen LogP contribution is 2.43. The van der Waals surface area contributed by atoms with Gasteiger partial charge in [-0.1, -0.05) is 75.4 Å². The predicted octanol–water partition coefficient (Wildman–Crippen LogP) is 6.52. The van der Waals surface area contributed by atoms with Gasteiger partial charge in [0.15, 0.2) is 22.9 Å². The maximum absolute atomic E-state index is 13.8. The van der Waals surface area contributed by atoms with Crippen molar-refractivity contribution >= 4 is 28.3 Å². The van der Waals surface area contributed by atoms with Gasteiger partial charge in [-0.2, -0.15) is 0 Å². The van der Waals surface area contributed by atoms with E-state index in [0.29, 0.717) is 28.0 Å². The van der Waals surface area contributed by atoms with Crippen molar-refractivity contribution in [3.63, 3.8) is 0 Å². The summed E-state index contributed by atoms with van der Waals surface area (Å²) in [6.07, 6.45) is 0. The standard InChI is InChI=1S/C30H27NO5/c1-30(2,3)20-13-15-21(16-14-20)31-25(18-9-6-5-7-10-18)24(27(33)29(31)34)26(32)23-17-19-11-8-12-22(35-4)28(19)36-23/h5-17,25,33H,1-4H3. The van der Waals surface area contributed by atoms with E-state index >= 15 is 0 Å². The molecule has 36 heavy (non-hydrogen) atoms. The second kappa shape index (κ2) is 8.72. The maximum atomic E-state index is 13.8. The van der Waals surface area contributed by atoms with Gasteiger partial charge in [0.05, 0.1) is 18.7 Å². The zero-order valence-electron chi connectivity index (χ0n) is 20.6.